The largest absolute Gasteiger partial charge is 0.489 e. The minimum atomic E-state index is -4.69. The van der Waals surface area contributed by atoms with Gasteiger partial charge in [-0.2, -0.15) is 13.2 Å². The van der Waals surface area contributed by atoms with Crippen LogP contribution < -0.4 is 4.74 Å². The number of carbonyl (C=O) groups excluding carboxylic acids is 2. The molecule has 1 fully saturated rings. The zero-order valence-electron chi connectivity index (χ0n) is 19.9. The molecule has 6 nitrogen and oxygen atoms in total. The van der Waals surface area contributed by atoms with Gasteiger partial charge in [-0.15, -0.1) is 0 Å². The predicted octanol–water partition coefficient (Wildman–Crippen LogP) is 5.43. The van der Waals surface area contributed by atoms with Gasteiger partial charge in [0.15, 0.2) is 0 Å². The van der Waals surface area contributed by atoms with Crippen molar-refractivity contribution in [1.82, 2.24) is 9.88 Å². The third kappa shape index (κ3) is 8.40. The number of ether oxygens (including phenoxy) is 2. The molecule has 0 radical (unpaired) electrons. The molecule has 36 heavy (non-hydrogen) atoms. The molecule has 1 aliphatic heterocycles. The van der Waals surface area contributed by atoms with Gasteiger partial charge in [0.1, 0.15) is 18.6 Å². The van der Waals surface area contributed by atoms with Crippen LogP contribution in [0, 0.1) is 0 Å². The van der Waals surface area contributed by atoms with E-state index in [9.17, 15) is 31.5 Å². The van der Waals surface area contributed by atoms with Gasteiger partial charge in [-0.3, -0.25) is 14.6 Å². The van der Waals surface area contributed by atoms with Crippen molar-refractivity contribution in [3.05, 3.63) is 59.8 Å². The summed E-state index contributed by atoms with van der Waals surface area (Å²) in [7, 11) is 1.68. The second-order valence-corrected chi connectivity index (χ2v) is 7.74. The topological polar surface area (TPSA) is 68.7 Å². The number of aromatic nitrogens is 1. The summed E-state index contributed by atoms with van der Waals surface area (Å²) < 4.78 is 76.6. The van der Waals surface area contributed by atoms with E-state index in [4.69, 9.17) is 4.74 Å². The zero-order valence-corrected chi connectivity index (χ0v) is 19.9. The van der Waals surface area contributed by atoms with Gasteiger partial charge in [0.05, 0.1) is 16.8 Å². The van der Waals surface area contributed by atoms with Crippen LogP contribution in [-0.2, 0) is 15.7 Å². The first-order chi connectivity index (χ1) is 17.0. The lowest BCUT2D eigenvalue weighted by molar-refractivity contribution is -0.138. The second kappa shape index (κ2) is 13.1. The highest BCUT2D eigenvalue weighted by molar-refractivity contribution is 5.94. The van der Waals surface area contributed by atoms with Gasteiger partial charge < -0.3 is 14.4 Å². The van der Waals surface area contributed by atoms with Crippen LogP contribution in [0.3, 0.4) is 0 Å². The molecule has 1 aliphatic rings. The molecule has 0 spiro atoms. The summed E-state index contributed by atoms with van der Waals surface area (Å²) in [4.78, 5) is 28.1. The van der Waals surface area contributed by atoms with Crippen molar-refractivity contribution < 1.29 is 41.0 Å². The Morgan fingerprint density at radius 3 is 2.36 bits per heavy atom. The third-order valence-electron chi connectivity index (χ3n) is 5.21. The molecule has 2 aromatic rings. The number of amides is 1. The summed E-state index contributed by atoms with van der Waals surface area (Å²) >= 11 is 0. The maximum absolute atomic E-state index is 13.5. The first-order valence-corrected chi connectivity index (χ1v) is 11.1. The van der Waals surface area contributed by atoms with Gasteiger partial charge in [-0.1, -0.05) is 0 Å². The van der Waals surface area contributed by atoms with Crippen molar-refractivity contribution in [3.8, 4) is 17.0 Å². The van der Waals surface area contributed by atoms with Crippen molar-refractivity contribution in [2.24, 2.45) is 0 Å². The highest BCUT2D eigenvalue weighted by atomic mass is 19.4. The molecule has 1 aromatic carbocycles. The molecule has 0 saturated carbocycles. The number of alkyl halides is 5. The average Bonchev–Trinajstić information content (AvgIpc) is 2.86. The minimum Gasteiger partial charge on any atom is -0.489 e. The van der Waals surface area contributed by atoms with E-state index in [0.717, 1.165) is 24.8 Å². The number of pyridine rings is 1. The lowest BCUT2D eigenvalue weighted by Crippen LogP contribution is -2.42. The summed E-state index contributed by atoms with van der Waals surface area (Å²) in [5, 5.41) is 0. The Hall–Kier alpha value is -3.34. The second-order valence-electron chi connectivity index (χ2n) is 7.74. The quantitative estimate of drug-likeness (QED) is 0.280. The van der Waals surface area contributed by atoms with Crippen LogP contribution >= 0.6 is 0 Å². The van der Waals surface area contributed by atoms with Crippen LogP contribution in [0.1, 0.15) is 35.7 Å². The van der Waals surface area contributed by atoms with Gasteiger partial charge in [-0.05, 0) is 49.4 Å². The van der Waals surface area contributed by atoms with Crippen LogP contribution in [0.25, 0.3) is 11.3 Å². The number of likely N-dealkylation sites (tertiary alicyclic amines) is 1. The predicted molar refractivity (Wildman–Crippen MR) is 123 cm³/mol. The van der Waals surface area contributed by atoms with Gasteiger partial charge in [0, 0.05) is 51.4 Å². The number of methoxy groups -OCH3 is 1. The molecular weight excluding hydrogens is 487 g/mol. The summed E-state index contributed by atoms with van der Waals surface area (Å²) in [5.74, 6) is -3.64. The number of hydrogen-bond acceptors (Lipinski definition) is 5. The number of carbonyl (C=O) groups is 2. The Balaban J connectivity index is 0.00000106. The van der Waals surface area contributed by atoms with Gasteiger partial charge in [0.2, 0.25) is 0 Å². The van der Waals surface area contributed by atoms with Gasteiger partial charge in [-0.25, -0.2) is 8.78 Å². The highest BCUT2D eigenvalue weighted by Gasteiger charge is 2.36. The Kier molecular flexibility index (Phi) is 10.5. The van der Waals surface area contributed by atoms with Crippen LogP contribution in [0.15, 0.2) is 48.7 Å². The Labute approximate surface area is 205 Å². The highest BCUT2D eigenvalue weighted by Crippen LogP contribution is 2.38. The standard InChI is InChI=1S/C22H19F5N2O3.C3H8O/c23-21(24)7-9-29(10-8-21)20(31)16-3-5-18(28-14-16)15-4-6-19(32-12-2-1-11-30)17(13-15)22(25,26)27;1-3-4-2/h1-6,11,13-14H,7-10,12H2;3H2,1-2H3/b2-1-;. The molecule has 1 aromatic heterocycles. The number of nitrogens with zero attached hydrogens (tertiary/aromatic N) is 2. The van der Waals surface area contributed by atoms with Crippen molar-refractivity contribution in [2.45, 2.75) is 31.9 Å². The van der Waals surface area contributed by atoms with E-state index in [-0.39, 0.29) is 36.5 Å². The van der Waals surface area contributed by atoms with Crippen molar-refractivity contribution in [1.29, 1.82) is 0 Å². The number of piperidine rings is 1. The molecule has 3 rings (SSSR count). The first-order valence-electron chi connectivity index (χ1n) is 11.1. The number of benzene rings is 1. The molecular formula is C25H27F5N2O4. The van der Waals surface area contributed by atoms with Gasteiger partial charge in [0.25, 0.3) is 11.8 Å². The summed E-state index contributed by atoms with van der Waals surface area (Å²) in [6, 6.07) is 6.23. The van der Waals surface area contributed by atoms with Crippen LogP contribution in [0.2, 0.25) is 0 Å². The van der Waals surface area contributed by atoms with Crippen molar-refractivity contribution in [3.63, 3.8) is 0 Å². The SMILES string of the molecule is CCOC.O=C/C=C\COc1ccc(-c2ccc(C(=O)N3CCC(F)(F)CC3)cn2)cc1C(F)(F)F. The fraction of sp³-hybridized carbons (Fsp3) is 0.400. The number of hydrogen-bond donors (Lipinski definition) is 0. The van der Waals surface area contributed by atoms with E-state index < -0.39 is 42.2 Å². The van der Waals surface area contributed by atoms with E-state index in [2.05, 4.69) is 9.72 Å². The van der Waals surface area contributed by atoms with E-state index in [1.54, 1.807) is 7.11 Å². The van der Waals surface area contributed by atoms with Crippen LogP contribution in [-0.4, -0.2) is 61.4 Å². The normalized spacial score (nSPS) is 15.2. The number of aldehydes is 1. The molecule has 0 bridgehead atoms. The summed E-state index contributed by atoms with van der Waals surface area (Å²) in [6.07, 6.45) is -1.42. The molecule has 1 amide bonds. The van der Waals surface area contributed by atoms with E-state index in [1.165, 1.54) is 35.4 Å². The number of halogens is 5. The number of allylic oxidation sites excluding steroid dienone is 1. The third-order valence-corrected chi connectivity index (χ3v) is 5.21. The first kappa shape index (κ1) is 28.9. The Morgan fingerprint density at radius 1 is 1.17 bits per heavy atom. The van der Waals surface area contributed by atoms with Gasteiger partial charge >= 0.3 is 6.18 Å². The smallest absolute Gasteiger partial charge is 0.419 e. The summed E-state index contributed by atoms with van der Waals surface area (Å²) in [5.41, 5.74) is -0.489. The lowest BCUT2D eigenvalue weighted by atomic mass is 10.0. The molecule has 0 unspecified atom stereocenters. The van der Waals surface area contributed by atoms with E-state index >= 15 is 0 Å². The fourth-order valence-corrected chi connectivity index (χ4v) is 3.20. The molecule has 0 N–H and O–H groups in total. The maximum Gasteiger partial charge on any atom is 0.419 e. The monoisotopic (exact) mass is 514 g/mol. The zero-order chi connectivity index (χ0) is 26.8. The molecule has 11 heteroatoms. The van der Waals surface area contributed by atoms with Crippen molar-refractivity contribution >= 4 is 12.2 Å². The van der Waals surface area contributed by atoms with E-state index in [1.807, 2.05) is 6.92 Å². The van der Waals surface area contributed by atoms with Crippen molar-refractivity contribution in [2.75, 3.05) is 33.4 Å². The minimum absolute atomic E-state index is 0.0774. The van der Waals surface area contributed by atoms with E-state index in [0.29, 0.717) is 6.29 Å². The maximum atomic E-state index is 13.5. The van der Waals surface area contributed by atoms with Crippen LogP contribution in [0.4, 0.5) is 22.0 Å². The molecule has 2 heterocycles. The average molecular weight is 514 g/mol. The fourth-order valence-electron chi connectivity index (χ4n) is 3.20. The molecule has 196 valence electrons. The molecule has 0 atom stereocenters. The lowest BCUT2D eigenvalue weighted by Gasteiger charge is -2.31. The Morgan fingerprint density at radius 2 is 1.83 bits per heavy atom. The van der Waals surface area contributed by atoms with Crippen LogP contribution in [0.5, 0.6) is 5.75 Å². The molecule has 0 aliphatic carbocycles. The summed E-state index contributed by atoms with van der Waals surface area (Å²) in [6.45, 7) is 2.41. The molecule has 1 saturated heterocycles. The number of rotatable bonds is 7. The Bertz CT molecular complexity index is 1030.